The van der Waals surface area contributed by atoms with Crippen LogP contribution >= 0.6 is 0 Å². The van der Waals surface area contributed by atoms with E-state index in [-0.39, 0.29) is 5.91 Å². The Morgan fingerprint density at radius 3 is 2.71 bits per heavy atom. The maximum atomic E-state index is 12.4. The van der Waals surface area contributed by atoms with Crippen LogP contribution in [0.2, 0.25) is 0 Å². The van der Waals surface area contributed by atoms with Gasteiger partial charge in [-0.15, -0.1) is 0 Å². The van der Waals surface area contributed by atoms with E-state index in [2.05, 4.69) is 21.5 Å². The molecule has 0 bridgehead atoms. The fourth-order valence-corrected chi connectivity index (χ4v) is 2.78. The Kier molecular flexibility index (Phi) is 4.88. The van der Waals surface area contributed by atoms with Crippen LogP contribution in [-0.2, 0) is 6.54 Å². The van der Waals surface area contributed by atoms with Gasteiger partial charge in [-0.1, -0.05) is 6.07 Å². The first-order valence-corrected chi connectivity index (χ1v) is 8.86. The Hall–Kier alpha value is -3.87. The summed E-state index contributed by atoms with van der Waals surface area (Å²) in [6.45, 7) is 2.22. The average molecular weight is 376 g/mol. The topological polar surface area (TPSA) is 91.5 Å². The molecule has 4 N–H and O–H groups in total. The molecule has 1 aromatic carbocycles. The van der Waals surface area contributed by atoms with E-state index in [0.717, 1.165) is 34.5 Å². The standard InChI is InChI=1S/C21H20N4O3/c1-14-7-8-17(28-14)13-22-21(26)15-4-2-5-16(12-15)23-20-10-9-18(24-25-20)19-6-3-11-27-19/h2-12,23-25H,13H2,1H3,(H,22,26). The highest BCUT2D eigenvalue weighted by molar-refractivity contribution is 5.95. The maximum Gasteiger partial charge on any atom is 0.251 e. The highest BCUT2D eigenvalue weighted by Gasteiger charge is 2.11. The molecule has 0 atom stereocenters. The van der Waals surface area contributed by atoms with Gasteiger partial charge in [0.2, 0.25) is 0 Å². The van der Waals surface area contributed by atoms with Crippen molar-refractivity contribution >= 4 is 17.3 Å². The molecule has 0 unspecified atom stereocenters. The Labute approximate surface area is 162 Å². The lowest BCUT2D eigenvalue weighted by atomic mass is 10.2. The molecule has 3 aromatic rings. The molecule has 0 aliphatic carbocycles. The van der Waals surface area contributed by atoms with Crippen molar-refractivity contribution in [1.82, 2.24) is 16.2 Å². The molecule has 0 saturated heterocycles. The third-order valence-electron chi connectivity index (χ3n) is 4.16. The monoisotopic (exact) mass is 376 g/mol. The van der Waals surface area contributed by atoms with Crippen LogP contribution in [0.3, 0.4) is 0 Å². The lowest BCUT2D eigenvalue weighted by Gasteiger charge is -2.19. The Morgan fingerprint density at radius 1 is 1.07 bits per heavy atom. The first-order chi connectivity index (χ1) is 13.7. The Bertz CT molecular complexity index is 1030. The van der Waals surface area contributed by atoms with E-state index < -0.39 is 0 Å². The van der Waals surface area contributed by atoms with Gasteiger partial charge >= 0.3 is 0 Å². The third-order valence-corrected chi connectivity index (χ3v) is 4.16. The minimum atomic E-state index is -0.165. The molecule has 28 heavy (non-hydrogen) atoms. The van der Waals surface area contributed by atoms with Crippen molar-refractivity contribution in [2.45, 2.75) is 13.5 Å². The number of benzene rings is 1. The third kappa shape index (κ3) is 4.09. The molecule has 0 spiro atoms. The van der Waals surface area contributed by atoms with Gasteiger partial charge < -0.3 is 19.5 Å². The summed E-state index contributed by atoms with van der Waals surface area (Å²) in [5.74, 6) is 2.87. The van der Waals surface area contributed by atoms with Gasteiger partial charge in [0.15, 0.2) is 5.76 Å². The van der Waals surface area contributed by atoms with Crippen LogP contribution in [0.25, 0.3) is 5.70 Å². The molecule has 0 fully saturated rings. The second kappa shape index (κ2) is 7.79. The van der Waals surface area contributed by atoms with Crippen LogP contribution in [0.1, 0.15) is 27.6 Å². The molecule has 4 rings (SSSR count). The predicted octanol–water partition coefficient (Wildman–Crippen LogP) is 3.51. The van der Waals surface area contributed by atoms with E-state index in [1.54, 1.807) is 18.4 Å². The summed E-state index contributed by atoms with van der Waals surface area (Å²) < 4.78 is 10.8. The number of aryl methyl sites for hydroxylation is 1. The van der Waals surface area contributed by atoms with Crippen molar-refractivity contribution < 1.29 is 13.6 Å². The van der Waals surface area contributed by atoms with Crippen LogP contribution < -0.4 is 21.5 Å². The lowest BCUT2D eigenvalue weighted by Crippen LogP contribution is -2.34. The van der Waals surface area contributed by atoms with Crippen molar-refractivity contribution in [2.24, 2.45) is 0 Å². The molecule has 1 aliphatic heterocycles. The van der Waals surface area contributed by atoms with Gasteiger partial charge in [-0.3, -0.25) is 15.6 Å². The highest BCUT2D eigenvalue weighted by atomic mass is 16.3. The van der Waals surface area contributed by atoms with Gasteiger partial charge in [-0.2, -0.15) is 0 Å². The second-order valence-electron chi connectivity index (χ2n) is 6.29. The molecule has 0 saturated carbocycles. The summed E-state index contributed by atoms with van der Waals surface area (Å²) >= 11 is 0. The molecule has 1 aliphatic rings. The summed E-state index contributed by atoms with van der Waals surface area (Å²) in [4.78, 5) is 12.4. The second-order valence-corrected chi connectivity index (χ2v) is 6.29. The van der Waals surface area contributed by atoms with Crippen LogP contribution in [0.15, 0.2) is 81.6 Å². The van der Waals surface area contributed by atoms with E-state index in [0.29, 0.717) is 12.1 Å². The summed E-state index contributed by atoms with van der Waals surface area (Å²) in [7, 11) is 0. The molecule has 7 heteroatoms. The number of rotatable bonds is 6. The van der Waals surface area contributed by atoms with Gasteiger partial charge in [-0.05, 0) is 61.5 Å². The fraction of sp³-hybridized carbons (Fsp3) is 0.0952. The van der Waals surface area contributed by atoms with E-state index in [1.165, 1.54) is 0 Å². The number of anilines is 1. The van der Waals surface area contributed by atoms with Gasteiger partial charge in [0.25, 0.3) is 5.91 Å². The number of furan rings is 2. The molecular formula is C21H20N4O3. The number of allylic oxidation sites excluding steroid dienone is 2. The predicted molar refractivity (Wildman–Crippen MR) is 106 cm³/mol. The zero-order valence-corrected chi connectivity index (χ0v) is 15.3. The van der Waals surface area contributed by atoms with Crippen LogP contribution in [0.5, 0.6) is 0 Å². The van der Waals surface area contributed by atoms with Gasteiger partial charge in [-0.25, -0.2) is 0 Å². The minimum Gasteiger partial charge on any atom is -0.465 e. The zero-order chi connectivity index (χ0) is 19.3. The van der Waals surface area contributed by atoms with Gasteiger partial charge in [0.1, 0.15) is 17.3 Å². The first kappa shape index (κ1) is 17.5. The van der Waals surface area contributed by atoms with Gasteiger partial charge in [0.05, 0.1) is 18.5 Å². The number of hydrogen-bond acceptors (Lipinski definition) is 6. The van der Waals surface area contributed by atoms with E-state index in [9.17, 15) is 4.79 Å². The molecule has 3 heterocycles. The van der Waals surface area contributed by atoms with Crippen LogP contribution in [0, 0.1) is 6.92 Å². The molecular weight excluding hydrogens is 356 g/mol. The molecule has 7 nitrogen and oxygen atoms in total. The van der Waals surface area contributed by atoms with Crippen molar-refractivity contribution in [3.8, 4) is 0 Å². The number of amides is 1. The Morgan fingerprint density at radius 2 is 2.00 bits per heavy atom. The van der Waals surface area contributed by atoms with Crippen molar-refractivity contribution in [1.29, 1.82) is 0 Å². The fourth-order valence-electron chi connectivity index (χ4n) is 2.78. The number of carbonyl (C=O) groups is 1. The number of carbonyl (C=O) groups excluding carboxylic acids is 1. The summed E-state index contributed by atoms with van der Waals surface area (Å²) in [5.41, 5.74) is 8.31. The van der Waals surface area contributed by atoms with E-state index >= 15 is 0 Å². The van der Waals surface area contributed by atoms with Crippen LogP contribution in [-0.4, -0.2) is 5.91 Å². The molecule has 1 amide bonds. The zero-order valence-electron chi connectivity index (χ0n) is 15.3. The van der Waals surface area contributed by atoms with Gasteiger partial charge in [0, 0.05) is 11.3 Å². The van der Waals surface area contributed by atoms with E-state index in [4.69, 9.17) is 8.83 Å². The smallest absolute Gasteiger partial charge is 0.251 e. The van der Waals surface area contributed by atoms with Crippen molar-refractivity contribution in [3.05, 3.63) is 95.6 Å². The van der Waals surface area contributed by atoms with Crippen molar-refractivity contribution in [2.75, 3.05) is 5.32 Å². The van der Waals surface area contributed by atoms with E-state index in [1.807, 2.05) is 55.5 Å². The SMILES string of the molecule is Cc1ccc(CNC(=O)c2cccc(NC3=CC=C(c4ccco4)NN3)c2)o1. The number of nitrogens with one attached hydrogen (secondary N) is 4. The highest BCUT2D eigenvalue weighted by Crippen LogP contribution is 2.17. The summed E-state index contributed by atoms with van der Waals surface area (Å²) in [6.07, 6.45) is 5.42. The Balaban J connectivity index is 1.39. The summed E-state index contributed by atoms with van der Waals surface area (Å²) in [6, 6.07) is 14.7. The largest absolute Gasteiger partial charge is 0.465 e. The lowest BCUT2D eigenvalue weighted by molar-refractivity contribution is 0.0948. The molecule has 142 valence electrons. The molecule has 2 aromatic heterocycles. The average Bonchev–Trinajstić information content (AvgIpc) is 3.39. The number of hydrogen-bond donors (Lipinski definition) is 4. The van der Waals surface area contributed by atoms with Crippen LogP contribution in [0.4, 0.5) is 5.69 Å². The minimum absolute atomic E-state index is 0.165. The quantitative estimate of drug-likeness (QED) is 0.526. The normalized spacial score (nSPS) is 13.0. The first-order valence-electron chi connectivity index (χ1n) is 8.86. The summed E-state index contributed by atoms with van der Waals surface area (Å²) in [5, 5.41) is 6.09. The maximum absolute atomic E-state index is 12.4. The number of hydrazine groups is 1. The molecule has 0 radical (unpaired) electrons. The van der Waals surface area contributed by atoms with Crippen molar-refractivity contribution in [3.63, 3.8) is 0 Å².